The lowest BCUT2D eigenvalue weighted by Gasteiger charge is -2.27. The molecule has 110 valence electrons. The van der Waals surface area contributed by atoms with Gasteiger partial charge in [0.05, 0.1) is 0 Å². The maximum Gasteiger partial charge on any atom is 0.410 e. The van der Waals surface area contributed by atoms with Crippen molar-refractivity contribution in [1.82, 2.24) is 4.90 Å². The first-order chi connectivity index (χ1) is 9.33. The number of ether oxygens (including phenoxy) is 1. The molecule has 0 heterocycles. The van der Waals surface area contributed by atoms with E-state index in [4.69, 9.17) is 4.74 Å². The highest BCUT2D eigenvalue weighted by Gasteiger charge is 2.29. The van der Waals surface area contributed by atoms with Crippen molar-refractivity contribution >= 4 is 6.09 Å². The minimum absolute atomic E-state index is 0.220. The van der Waals surface area contributed by atoms with Gasteiger partial charge >= 0.3 is 6.09 Å². The number of hydrogen-bond acceptors (Lipinski definition) is 3. The molecule has 1 fully saturated rings. The number of carbonyl (C=O) groups is 1. The molecule has 0 spiro atoms. The quantitative estimate of drug-likeness (QED) is 0.915. The van der Waals surface area contributed by atoms with Crippen molar-refractivity contribution in [1.29, 1.82) is 0 Å². The van der Waals surface area contributed by atoms with Gasteiger partial charge in [0.2, 0.25) is 0 Å². The predicted octanol–water partition coefficient (Wildman–Crippen LogP) is 3.54. The minimum atomic E-state index is -0.488. The highest BCUT2D eigenvalue weighted by atomic mass is 16.6. The van der Waals surface area contributed by atoms with Gasteiger partial charge in [0.15, 0.2) is 0 Å². The molecule has 1 aromatic rings. The lowest BCUT2D eigenvalue weighted by Crippen LogP contribution is -2.37. The van der Waals surface area contributed by atoms with Crippen LogP contribution in [0.2, 0.25) is 0 Å². The SMILES string of the molecule is CC(C)(C)OC(=O)N(Cc1cccc(O)c1)CC1CC1. The Hall–Kier alpha value is -1.71. The van der Waals surface area contributed by atoms with Gasteiger partial charge in [-0.2, -0.15) is 0 Å². The van der Waals surface area contributed by atoms with Gasteiger partial charge in [-0.1, -0.05) is 12.1 Å². The van der Waals surface area contributed by atoms with Crippen molar-refractivity contribution < 1.29 is 14.6 Å². The van der Waals surface area contributed by atoms with Gasteiger partial charge in [0, 0.05) is 13.1 Å². The van der Waals surface area contributed by atoms with Gasteiger partial charge < -0.3 is 14.7 Å². The lowest BCUT2D eigenvalue weighted by atomic mass is 10.2. The molecule has 0 unspecified atom stereocenters. The first kappa shape index (κ1) is 14.7. The van der Waals surface area contributed by atoms with Gasteiger partial charge in [0.25, 0.3) is 0 Å². The van der Waals surface area contributed by atoms with E-state index in [0.29, 0.717) is 12.5 Å². The molecule has 1 N–H and O–H groups in total. The summed E-state index contributed by atoms with van der Waals surface area (Å²) in [7, 11) is 0. The third-order valence-corrected chi connectivity index (χ3v) is 3.11. The van der Waals surface area contributed by atoms with Crippen molar-refractivity contribution in [2.24, 2.45) is 5.92 Å². The molecule has 4 heteroatoms. The van der Waals surface area contributed by atoms with E-state index in [1.807, 2.05) is 26.8 Å². The van der Waals surface area contributed by atoms with E-state index >= 15 is 0 Å². The fourth-order valence-corrected chi connectivity index (χ4v) is 2.02. The summed E-state index contributed by atoms with van der Waals surface area (Å²) in [4.78, 5) is 14.0. The van der Waals surface area contributed by atoms with E-state index in [9.17, 15) is 9.90 Å². The molecular formula is C16H23NO3. The number of phenolic OH excluding ortho intramolecular Hbond substituents is 1. The summed E-state index contributed by atoms with van der Waals surface area (Å²) in [5.41, 5.74) is 0.425. The van der Waals surface area contributed by atoms with Gasteiger partial charge in [-0.25, -0.2) is 4.79 Å². The lowest BCUT2D eigenvalue weighted by molar-refractivity contribution is 0.0224. The van der Waals surface area contributed by atoms with Crippen LogP contribution in [0.1, 0.15) is 39.2 Å². The van der Waals surface area contributed by atoms with Crippen LogP contribution >= 0.6 is 0 Å². The Morgan fingerprint density at radius 3 is 2.65 bits per heavy atom. The largest absolute Gasteiger partial charge is 0.508 e. The maximum absolute atomic E-state index is 12.3. The van der Waals surface area contributed by atoms with E-state index in [1.54, 1.807) is 23.1 Å². The molecule has 4 nitrogen and oxygen atoms in total. The van der Waals surface area contributed by atoms with Gasteiger partial charge in [-0.05, 0) is 57.2 Å². The Bertz CT molecular complexity index is 475. The molecule has 1 aromatic carbocycles. The summed E-state index contributed by atoms with van der Waals surface area (Å²) in [6.07, 6.45) is 2.08. The monoisotopic (exact) mass is 277 g/mol. The van der Waals surface area contributed by atoms with Crippen molar-refractivity contribution in [3.63, 3.8) is 0 Å². The molecule has 0 aliphatic heterocycles. The second kappa shape index (κ2) is 5.73. The zero-order valence-corrected chi connectivity index (χ0v) is 12.4. The summed E-state index contributed by atoms with van der Waals surface area (Å²) in [6, 6.07) is 7.01. The molecule has 0 radical (unpaired) electrons. The van der Waals surface area contributed by atoms with Crippen LogP contribution in [0.25, 0.3) is 0 Å². The molecule has 0 atom stereocenters. The minimum Gasteiger partial charge on any atom is -0.508 e. The normalized spacial score (nSPS) is 14.9. The van der Waals surface area contributed by atoms with Crippen LogP contribution in [0.4, 0.5) is 4.79 Å². The summed E-state index contributed by atoms with van der Waals surface area (Å²) in [6.45, 7) is 6.81. The molecule has 20 heavy (non-hydrogen) atoms. The van der Waals surface area contributed by atoms with E-state index in [0.717, 1.165) is 12.1 Å². The smallest absolute Gasteiger partial charge is 0.410 e. The van der Waals surface area contributed by atoms with Crippen molar-refractivity contribution in [3.05, 3.63) is 29.8 Å². The second-order valence-corrected chi connectivity index (χ2v) is 6.47. The topological polar surface area (TPSA) is 49.8 Å². The van der Waals surface area contributed by atoms with Gasteiger partial charge in [0.1, 0.15) is 11.4 Å². The Labute approximate surface area is 120 Å². The standard InChI is InChI=1S/C16H23NO3/c1-16(2,3)20-15(19)17(10-12-7-8-12)11-13-5-4-6-14(18)9-13/h4-6,9,12,18H,7-8,10-11H2,1-3H3. The number of phenols is 1. The van der Waals surface area contributed by atoms with Crippen molar-refractivity contribution in [3.8, 4) is 5.75 Å². The number of amides is 1. The van der Waals surface area contributed by atoms with E-state index < -0.39 is 5.60 Å². The zero-order chi connectivity index (χ0) is 14.8. The molecule has 1 amide bonds. The van der Waals surface area contributed by atoms with Crippen LogP contribution < -0.4 is 0 Å². The Balaban J connectivity index is 2.04. The summed E-state index contributed by atoms with van der Waals surface area (Å²) >= 11 is 0. The van der Waals surface area contributed by atoms with Crippen molar-refractivity contribution in [2.45, 2.75) is 45.8 Å². The van der Waals surface area contributed by atoms with Crippen LogP contribution in [0, 0.1) is 5.92 Å². The number of benzene rings is 1. The average molecular weight is 277 g/mol. The summed E-state index contributed by atoms with van der Waals surface area (Å²) in [5.74, 6) is 0.817. The highest BCUT2D eigenvalue weighted by molar-refractivity contribution is 5.68. The molecule has 0 bridgehead atoms. The zero-order valence-electron chi connectivity index (χ0n) is 12.4. The molecule has 0 aromatic heterocycles. The van der Waals surface area contributed by atoms with Crippen LogP contribution in [-0.2, 0) is 11.3 Å². The Morgan fingerprint density at radius 1 is 1.40 bits per heavy atom. The van der Waals surface area contributed by atoms with E-state index in [1.165, 1.54) is 12.8 Å². The third kappa shape index (κ3) is 4.76. The van der Waals surface area contributed by atoms with Crippen LogP contribution in [-0.4, -0.2) is 28.2 Å². The number of rotatable bonds is 4. The molecule has 1 aliphatic rings. The average Bonchev–Trinajstić information content (AvgIpc) is 3.10. The van der Waals surface area contributed by atoms with E-state index in [2.05, 4.69) is 0 Å². The first-order valence-corrected chi connectivity index (χ1v) is 7.09. The van der Waals surface area contributed by atoms with E-state index in [-0.39, 0.29) is 11.8 Å². The highest BCUT2D eigenvalue weighted by Crippen LogP contribution is 2.31. The number of carbonyl (C=O) groups excluding carboxylic acids is 1. The van der Waals surface area contributed by atoms with Gasteiger partial charge in [-0.3, -0.25) is 0 Å². The van der Waals surface area contributed by atoms with Crippen LogP contribution in [0.3, 0.4) is 0 Å². The molecule has 1 aliphatic carbocycles. The predicted molar refractivity (Wildman–Crippen MR) is 77.5 cm³/mol. The fraction of sp³-hybridized carbons (Fsp3) is 0.562. The first-order valence-electron chi connectivity index (χ1n) is 7.09. The second-order valence-electron chi connectivity index (χ2n) is 6.47. The van der Waals surface area contributed by atoms with Gasteiger partial charge in [-0.15, -0.1) is 0 Å². The van der Waals surface area contributed by atoms with Crippen LogP contribution in [0.5, 0.6) is 5.75 Å². The molecular weight excluding hydrogens is 254 g/mol. The summed E-state index contributed by atoms with van der Waals surface area (Å²) in [5, 5.41) is 9.51. The molecule has 0 saturated heterocycles. The Morgan fingerprint density at radius 2 is 2.10 bits per heavy atom. The summed E-state index contributed by atoms with van der Waals surface area (Å²) < 4.78 is 5.46. The number of hydrogen-bond donors (Lipinski definition) is 1. The maximum atomic E-state index is 12.3. The fourth-order valence-electron chi connectivity index (χ4n) is 2.02. The van der Waals surface area contributed by atoms with Crippen molar-refractivity contribution in [2.75, 3.05) is 6.54 Å². The Kier molecular flexibility index (Phi) is 4.21. The number of aromatic hydroxyl groups is 1. The molecule has 1 saturated carbocycles. The molecule has 2 rings (SSSR count). The number of nitrogens with zero attached hydrogens (tertiary/aromatic N) is 1. The third-order valence-electron chi connectivity index (χ3n) is 3.11. The van der Waals surface area contributed by atoms with Crippen LogP contribution in [0.15, 0.2) is 24.3 Å².